The van der Waals surface area contributed by atoms with Gasteiger partial charge in [-0.3, -0.25) is 4.98 Å². The Morgan fingerprint density at radius 1 is 1.14 bits per heavy atom. The van der Waals surface area contributed by atoms with Crippen LogP contribution in [0.3, 0.4) is 0 Å². The lowest BCUT2D eigenvalue weighted by molar-refractivity contribution is 0.703. The molecule has 0 saturated heterocycles. The monoisotopic (exact) mass is 299 g/mol. The number of nitrogens with zero attached hydrogens (tertiary/aromatic N) is 3. The Bertz CT molecular complexity index is 805. The van der Waals surface area contributed by atoms with Gasteiger partial charge in [-0.2, -0.15) is 0 Å². The van der Waals surface area contributed by atoms with Gasteiger partial charge >= 0.3 is 0 Å². The number of aromatic nitrogens is 3. The zero-order chi connectivity index (χ0) is 15.0. The molecule has 0 saturated carbocycles. The number of aryl methyl sites for hydroxylation is 3. The maximum Gasteiger partial charge on any atom is 0.142 e. The fourth-order valence-corrected chi connectivity index (χ4v) is 3.02. The summed E-state index contributed by atoms with van der Waals surface area (Å²) in [5, 5.41) is 0.635. The average molecular weight is 300 g/mol. The first-order chi connectivity index (χ1) is 10.1. The van der Waals surface area contributed by atoms with Gasteiger partial charge in [-0.1, -0.05) is 24.6 Å². The topological polar surface area (TPSA) is 30.7 Å². The smallest absolute Gasteiger partial charge is 0.142 e. The number of hydrogen-bond acceptors (Lipinski definition) is 2. The summed E-state index contributed by atoms with van der Waals surface area (Å²) in [6.45, 7) is 7.35. The Morgan fingerprint density at radius 3 is 2.67 bits per heavy atom. The van der Waals surface area contributed by atoms with Gasteiger partial charge in [0.15, 0.2) is 0 Å². The van der Waals surface area contributed by atoms with Crippen molar-refractivity contribution < 1.29 is 0 Å². The molecule has 0 bridgehead atoms. The number of fused-ring (bicyclic) bond motifs is 1. The molecule has 0 aliphatic carbocycles. The van der Waals surface area contributed by atoms with E-state index in [2.05, 4.69) is 42.5 Å². The Hall–Kier alpha value is -1.87. The van der Waals surface area contributed by atoms with E-state index in [1.165, 1.54) is 16.6 Å². The number of imidazole rings is 1. The van der Waals surface area contributed by atoms with E-state index in [1.807, 2.05) is 12.3 Å². The fraction of sp³-hybridized carbons (Fsp3) is 0.294. The molecule has 0 spiro atoms. The first kappa shape index (κ1) is 14.1. The molecule has 2 heterocycles. The summed E-state index contributed by atoms with van der Waals surface area (Å²) in [5.74, 6) is 0.940. The summed E-state index contributed by atoms with van der Waals surface area (Å²) in [6.07, 6.45) is 4.52. The summed E-state index contributed by atoms with van der Waals surface area (Å²) >= 11 is 6.08. The molecule has 3 aromatic rings. The highest BCUT2D eigenvalue weighted by atomic mass is 35.5. The number of rotatable bonds is 3. The van der Waals surface area contributed by atoms with Crippen LogP contribution in [0.5, 0.6) is 0 Å². The van der Waals surface area contributed by atoms with Crippen LogP contribution >= 0.6 is 11.6 Å². The SMILES string of the molecule is CCCn1c(-c2cncc(Cl)c2)nc2cc(C)cc(C)c21. The molecule has 3 nitrogen and oxygen atoms in total. The van der Waals surface area contributed by atoms with Crippen LogP contribution in [-0.2, 0) is 6.54 Å². The standard InChI is InChI=1S/C17H18ClN3/c1-4-5-21-16-12(3)6-11(2)7-15(16)20-17(21)13-8-14(18)10-19-9-13/h6-10H,4-5H2,1-3H3. The van der Waals surface area contributed by atoms with Crippen LogP contribution in [0.4, 0.5) is 0 Å². The quantitative estimate of drug-likeness (QED) is 0.697. The van der Waals surface area contributed by atoms with Crippen LogP contribution in [0.1, 0.15) is 24.5 Å². The molecule has 1 aromatic carbocycles. The minimum Gasteiger partial charge on any atom is -0.324 e. The van der Waals surface area contributed by atoms with Gasteiger partial charge in [-0.25, -0.2) is 4.98 Å². The molecule has 4 heteroatoms. The van der Waals surface area contributed by atoms with Gasteiger partial charge in [-0.15, -0.1) is 0 Å². The van der Waals surface area contributed by atoms with Crippen molar-refractivity contribution >= 4 is 22.6 Å². The number of hydrogen-bond donors (Lipinski definition) is 0. The molecule has 0 atom stereocenters. The molecule has 0 aliphatic heterocycles. The maximum atomic E-state index is 6.08. The van der Waals surface area contributed by atoms with Gasteiger partial charge in [0, 0.05) is 24.5 Å². The highest BCUT2D eigenvalue weighted by Gasteiger charge is 2.14. The second-order valence-electron chi connectivity index (χ2n) is 5.43. The molecule has 0 N–H and O–H groups in total. The van der Waals surface area contributed by atoms with E-state index in [9.17, 15) is 0 Å². The predicted molar refractivity (Wildman–Crippen MR) is 87.7 cm³/mol. The molecule has 0 amide bonds. The van der Waals surface area contributed by atoms with Crippen LogP contribution < -0.4 is 0 Å². The highest BCUT2D eigenvalue weighted by molar-refractivity contribution is 6.30. The van der Waals surface area contributed by atoms with Crippen LogP contribution in [0.15, 0.2) is 30.6 Å². The summed E-state index contributed by atoms with van der Waals surface area (Å²) in [4.78, 5) is 9.02. The van der Waals surface area contributed by atoms with Gasteiger partial charge < -0.3 is 4.57 Å². The van der Waals surface area contributed by atoms with Gasteiger partial charge in [0.25, 0.3) is 0 Å². The molecule has 0 aliphatic rings. The number of pyridine rings is 1. The summed E-state index contributed by atoms with van der Waals surface area (Å²) in [5.41, 5.74) is 5.70. The number of halogens is 1. The van der Waals surface area contributed by atoms with Crippen molar-refractivity contribution in [2.24, 2.45) is 0 Å². The van der Waals surface area contributed by atoms with E-state index in [-0.39, 0.29) is 0 Å². The molecule has 3 rings (SSSR count). The lowest BCUT2D eigenvalue weighted by Crippen LogP contribution is -2.01. The molecule has 2 aromatic heterocycles. The molecule has 0 unspecified atom stereocenters. The third kappa shape index (κ3) is 2.54. The van der Waals surface area contributed by atoms with E-state index in [1.54, 1.807) is 6.20 Å². The number of benzene rings is 1. The van der Waals surface area contributed by atoms with Crippen molar-refractivity contribution in [1.82, 2.24) is 14.5 Å². The van der Waals surface area contributed by atoms with Crippen molar-refractivity contribution in [3.8, 4) is 11.4 Å². The fourth-order valence-electron chi connectivity index (χ4n) is 2.85. The predicted octanol–water partition coefficient (Wildman–Crippen LogP) is 4.78. The second kappa shape index (κ2) is 5.49. The van der Waals surface area contributed by atoms with Gasteiger partial charge in [0.05, 0.1) is 16.1 Å². The van der Waals surface area contributed by atoms with Crippen molar-refractivity contribution in [3.05, 3.63) is 46.7 Å². The van der Waals surface area contributed by atoms with E-state index in [0.29, 0.717) is 5.02 Å². The minimum absolute atomic E-state index is 0.635. The first-order valence-electron chi connectivity index (χ1n) is 7.18. The van der Waals surface area contributed by atoms with Gasteiger partial charge in [-0.05, 0) is 43.5 Å². The van der Waals surface area contributed by atoms with E-state index >= 15 is 0 Å². The second-order valence-corrected chi connectivity index (χ2v) is 5.86. The Morgan fingerprint density at radius 2 is 1.95 bits per heavy atom. The van der Waals surface area contributed by atoms with Crippen LogP contribution in [0.25, 0.3) is 22.4 Å². The zero-order valence-electron chi connectivity index (χ0n) is 12.5. The lowest BCUT2D eigenvalue weighted by atomic mass is 10.1. The maximum absolute atomic E-state index is 6.08. The van der Waals surface area contributed by atoms with Crippen molar-refractivity contribution in [2.45, 2.75) is 33.7 Å². The molecule has 0 fully saturated rings. The molecule has 21 heavy (non-hydrogen) atoms. The van der Waals surface area contributed by atoms with Crippen LogP contribution in [-0.4, -0.2) is 14.5 Å². The third-order valence-corrected chi connectivity index (χ3v) is 3.79. The lowest BCUT2D eigenvalue weighted by Gasteiger charge is -2.09. The van der Waals surface area contributed by atoms with Gasteiger partial charge in [0.2, 0.25) is 0 Å². The zero-order valence-corrected chi connectivity index (χ0v) is 13.3. The first-order valence-corrected chi connectivity index (χ1v) is 7.56. The largest absolute Gasteiger partial charge is 0.324 e. The Balaban J connectivity index is 2.31. The summed E-state index contributed by atoms with van der Waals surface area (Å²) in [7, 11) is 0. The molecule has 0 radical (unpaired) electrons. The molecular weight excluding hydrogens is 282 g/mol. The third-order valence-electron chi connectivity index (χ3n) is 3.59. The van der Waals surface area contributed by atoms with E-state index < -0.39 is 0 Å². The van der Waals surface area contributed by atoms with E-state index in [4.69, 9.17) is 16.6 Å². The van der Waals surface area contributed by atoms with Crippen LogP contribution in [0, 0.1) is 13.8 Å². The normalized spacial score (nSPS) is 11.2. The molecular formula is C17H18ClN3. The van der Waals surface area contributed by atoms with Crippen molar-refractivity contribution in [1.29, 1.82) is 0 Å². The average Bonchev–Trinajstić information content (AvgIpc) is 2.78. The van der Waals surface area contributed by atoms with E-state index in [0.717, 1.165) is 29.9 Å². The Kier molecular flexibility index (Phi) is 3.68. The van der Waals surface area contributed by atoms with Gasteiger partial charge in [0.1, 0.15) is 5.82 Å². The molecule has 108 valence electrons. The highest BCUT2D eigenvalue weighted by Crippen LogP contribution is 2.29. The minimum atomic E-state index is 0.635. The summed E-state index contributed by atoms with van der Waals surface area (Å²) in [6, 6.07) is 6.26. The Labute approximate surface area is 129 Å². The summed E-state index contributed by atoms with van der Waals surface area (Å²) < 4.78 is 2.28. The van der Waals surface area contributed by atoms with Crippen molar-refractivity contribution in [3.63, 3.8) is 0 Å². The van der Waals surface area contributed by atoms with Crippen molar-refractivity contribution in [2.75, 3.05) is 0 Å². The van der Waals surface area contributed by atoms with Crippen LogP contribution in [0.2, 0.25) is 5.02 Å².